The molecule has 2 heterocycles. The van der Waals surface area contributed by atoms with Gasteiger partial charge < -0.3 is 4.42 Å². The summed E-state index contributed by atoms with van der Waals surface area (Å²) in [6.45, 7) is 0. The number of hydrogen-bond donors (Lipinski definition) is 0. The molecular weight excluding hydrogens is 212 g/mol. The molecule has 0 bridgehead atoms. The second-order valence-electron chi connectivity index (χ2n) is 3.71. The van der Waals surface area contributed by atoms with Gasteiger partial charge in [0.05, 0.1) is 0 Å². The molecule has 3 nitrogen and oxygen atoms in total. The summed E-state index contributed by atoms with van der Waals surface area (Å²) in [6.07, 6.45) is 5.73. The van der Waals surface area contributed by atoms with Crippen molar-refractivity contribution in [3.63, 3.8) is 0 Å². The van der Waals surface area contributed by atoms with Crippen LogP contribution in [0.2, 0.25) is 5.15 Å². The van der Waals surface area contributed by atoms with Crippen molar-refractivity contribution in [2.24, 2.45) is 0 Å². The van der Waals surface area contributed by atoms with Gasteiger partial charge >= 0.3 is 0 Å². The lowest BCUT2D eigenvalue weighted by molar-refractivity contribution is 0.497. The second kappa shape index (κ2) is 3.35. The second-order valence-corrected chi connectivity index (χ2v) is 4.10. The summed E-state index contributed by atoms with van der Waals surface area (Å²) in [7, 11) is 0. The summed E-state index contributed by atoms with van der Waals surface area (Å²) >= 11 is 5.81. The van der Waals surface area contributed by atoms with Crippen LogP contribution in [-0.2, 0) is 0 Å². The Bertz CT molecular complexity index is 491. The summed E-state index contributed by atoms with van der Waals surface area (Å²) in [6, 6.07) is 3.66. The van der Waals surface area contributed by atoms with Gasteiger partial charge in [0, 0.05) is 17.7 Å². The quantitative estimate of drug-likeness (QED) is 0.730. The Hall–Kier alpha value is -1.35. The predicted octanol–water partition coefficient (Wildman–Crippen LogP) is 3.27. The van der Waals surface area contributed by atoms with Gasteiger partial charge in [0.25, 0.3) is 0 Å². The zero-order valence-corrected chi connectivity index (χ0v) is 8.74. The monoisotopic (exact) mass is 220 g/mol. The van der Waals surface area contributed by atoms with Gasteiger partial charge in [0.2, 0.25) is 0 Å². The minimum absolute atomic E-state index is 0.475. The van der Waals surface area contributed by atoms with Crippen LogP contribution in [0.25, 0.3) is 11.3 Å². The van der Waals surface area contributed by atoms with Gasteiger partial charge in [0.15, 0.2) is 5.89 Å². The largest absolute Gasteiger partial charge is 0.448 e. The molecule has 15 heavy (non-hydrogen) atoms. The van der Waals surface area contributed by atoms with E-state index in [2.05, 4.69) is 9.97 Å². The van der Waals surface area contributed by atoms with Gasteiger partial charge in [-0.1, -0.05) is 11.6 Å². The fourth-order valence-corrected chi connectivity index (χ4v) is 1.67. The minimum atomic E-state index is 0.475. The van der Waals surface area contributed by atoms with Crippen LogP contribution in [0.5, 0.6) is 0 Å². The van der Waals surface area contributed by atoms with Crippen LogP contribution in [0, 0.1) is 0 Å². The topological polar surface area (TPSA) is 38.9 Å². The number of hydrogen-bond acceptors (Lipinski definition) is 3. The number of oxazole rings is 1. The van der Waals surface area contributed by atoms with E-state index in [4.69, 9.17) is 16.0 Å². The summed E-state index contributed by atoms with van der Waals surface area (Å²) in [4.78, 5) is 8.36. The first kappa shape index (κ1) is 8.92. The van der Waals surface area contributed by atoms with Crippen molar-refractivity contribution in [3.05, 3.63) is 35.6 Å². The van der Waals surface area contributed by atoms with Crippen LogP contribution in [0.3, 0.4) is 0 Å². The molecule has 1 aliphatic rings. The maximum Gasteiger partial charge on any atom is 0.197 e. The third-order valence-corrected chi connectivity index (χ3v) is 2.68. The minimum Gasteiger partial charge on any atom is -0.448 e. The molecule has 76 valence electrons. The first-order valence-electron chi connectivity index (χ1n) is 4.90. The lowest BCUT2D eigenvalue weighted by Gasteiger charge is -1.94. The van der Waals surface area contributed by atoms with Crippen LogP contribution in [0.4, 0.5) is 0 Å². The molecule has 0 aliphatic heterocycles. The third-order valence-electron chi connectivity index (χ3n) is 2.47. The van der Waals surface area contributed by atoms with E-state index in [9.17, 15) is 0 Å². The van der Waals surface area contributed by atoms with Gasteiger partial charge in [-0.25, -0.2) is 9.97 Å². The van der Waals surface area contributed by atoms with E-state index in [1.54, 1.807) is 18.5 Å². The van der Waals surface area contributed by atoms with Crippen LogP contribution < -0.4 is 0 Å². The van der Waals surface area contributed by atoms with Gasteiger partial charge in [-0.2, -0.15) is 0 Å². The third kappa shape index (κ3) is 1.75. The number of aromatic nitrogens is 2. The Morgan fingerprint density at radius 2 is 2.27 bits per heavy atom. The molecule has 1 aliphatic carbocycles. The first-order chi connectivity index (χ1) is 7.33. The first-order valence-corrected chi connectivity index (χ1v) is 5.28. The van der Waals surface area contributed by atoms with Crippen LogP contribution in [0.15, 0.2) is 29.0 Å². The molecule has 2 aromatic rings. The molecular formula is C11H9ClN2O. The highest BCUT2D eigenvalue weighted by atomic mass is 35.5. The standard InChI is InChI=1S/C11H9ClN2O/c12-10-5-8(3-4-13-10)9-6-15-11(14-9)7-1-2-7/h3-7H,1-2H2. The zero-order chi connectivity index (χ0) is 10.3. The van der Waals surface area contributed by atoms with Crippen molar-refractivity contribution in [2.45, 2.75) is 18.8 Å². The van der Waals surface area contributed by atoms with E-state index in [1.165, 1.54) is 12.8 Å². The molecule has 0 aromatic carbocycles. The van der Waals surface area contributed by atoms with Crippen molar-refractivity contribution in [3.8, 4) is 11.3 Å². The number of pyridine rings is 1. The highest BCUT2D eigenvalue weighted by Crippen LogP contribution is 2.40. The molecule has 4 heteroatoms. The van der Waals surface area contributed by atoms with Crippen molar-refractivity contribution in [1.82, 2.24) is 9.97 Å². The van der Waals surface area contributed by atoms with Crippen LogP contribution >= 0.6 is 11.6 Å². The van der Waals surface area contributed by atoms with Crippen molar-refractivity contribution in [2.75, 3.05) is 0 Å². The number of rotatable bonds is 2. The van der Waals surface area contributed by atoms with Crippen molar-refractivity contribution in [1.29, 1.82) is 0 Å². The SMILES string of the molecule is Clc1cc(-c2coc(C3CC3)n2)ccn1. The van der Waals surface area contributed by atoms with E-state index < -0.39 is 0 Å². The van der Waals surface area contributed by atoms with Gasteiger partial charge in [-0.05, 0) is 25.0 Å². The molecule has 0 unspecified atom stereocenters. The average molecular weight is 221 g/mol. The summed E-state index contributed by atoms with van der Waals surface area (Å²) in [5.41, 5.74) is 1.78. The number of nitrogens with zero attached hydrogens (tertiary/aromatic N) is 2. The molecule has 3 rings (SSSR count). The fourth-order valence-electron chi connectivity index (χ4n) is 1.50. The van der Waals surface area contributed by atoms with Gasteiger partial charge in [-0.15, -0.1) is 0 Å². The van der Waals surface area contributed by atoms with E-state index in [-0.39, 0.29) is 0 Å². The van der Waals surface area contributed by atoms with Gasteiger partial charge in [0.1, 0.15) is 17.1 Å². The Morgan fingerprint density at radius 1 is 1.40 bits per heavy atom. The average Bonchev–Trinajstić information content (AvgIpc) is 2.97. The Labute approximate surface area is 92.1 Å². The molecule has 1 fully saturated rings. The Kier molecular flexibility index (Phi) is 1.99. The molecule has 1 saturated carbocycles. The van der Waals surface area contributed by atoms with E-state index in [0.29, 0.717) is 11.1 Å². The van der Waals surface area contributed by atoms with E-state index in [0.717, 1.165) is 17.1 Å². The highest BCUT2D eigenvalue weighted by molar-refractivity contribution is 6.29. The number of halogens is 1. The summed E-state index contributed by atoms with van der Waals surface area (Å²) < 4.78 is 5.41. The normalized spacial score (nSPS) is 15.5. The van der Waals surface area contributed by atoms with Crippen molar-refractivity contribution < 1.29 is 4.42 Å². The Morgan fingerprint density at radius 3 is 3.00 bits per heavy atom. The molecule has 0 amide bonds. The van der Waals surface area contributed by atoms with E-state index in [1.807, 2.05) is 6.07 Å². The predicted molar refractivity (Wildman–Crippen MR) is 56.7 cm³/mol. The maximum atomic E-state index is 5.81. The molecule has 2 aromatic heterocycles. The van der Waals surface area contributed by atoms with Gasteiger partial charge in [-0.3, -0.25) is 0 Å². The molecule has 0 saturated heterocycles. The van der Waals surface area contributed by atoms with E-state index >= 15 is 0 Å². The lowest BCUT2D eigenvalue weighted by atomic mass is 10.2. The maximum absolute atomic E-state index is 5.81. The molecule has 0 N–H and O–H groups in total. The zero-order valence-electron chi connectivity index (χ0n) is 7.98. The van der Waals surface area contributed by atoms with Crippen molar-refractivity contribution >= 4 is 11.6 Å². The summed E-state index contributed by atoms with van der Waals surface area (Å²) in [5.74, 6) is 1.38. The molecule has 0 spiro atoms. The smallest absolute Gasteiger partial charge is 0.197 e. The Balaban J connectivity index is 1.97. The summed E-state index contributed by atoms with van der Waals surface area (Å²) in [5, 5.41) is 0.475. The lowest BCUT2D eigenvalue weighted by Crippen LogP contribution is -1.82. The molecule has 0 radical (unpaired) electrons. The van der Waals surface area contributed by atoms with Crippen LogP contribution in [-0.4, -0.2) is 9.97 Å². The fraction of sp³-hybridized carbons (Fsp3) is 0.273. The van der Waals surface area contributed by atoms with Crippen LogP contribution in [0.1, 0.15) is 24.7 Å². The molecule has 0 atom stereocenters. The highest BCUT2D eigenvalue weighted by Gasteiger charge is 2.28.